The van der Waals surface area contributed by atoms with Gasteiger partial charge in [-0.1, -0.05) is 5.21 Å². The van der Waals surface area contributed by atoms with Crippen molar-refractivity contribution in [3.05, 3.63) is 11.9 Å². The minimum atomic E-state index is -0.847. The van der Waals surface area contributed by atoms with Gasteiger partial charge in [-0.3, -0.25) is 9.48 Å². The Hall–Kier alpha value is -1.63. The van der Waals surface area contributed by atoms with Crippen LogP contribution in [0.5, 0.6) is 0 Å². The lowest BCUT2D eigenvalue weighted by molar-refractivity contribution is -0.137. The minimum absolute atomic E-state index is 0.0743. The molecule has 0 radical (unpaired) electrons. The van der Waals surface area contributed by atoms with Crippen LogP contribution in [0.3, 0.4) is 0 Å². The molecular weight excluding hydrogens is 386 g/mol. The predicted octanol–water partition coefficient (Wildman–Crippen LogP) is -1.46. The topological polar surface area (TPSA) is 167 Å². The van der Waals surface area contributed by atoms with Crippen LogP contribution in [0.25, 0.3) is 0 Å². The molecule has 0 aliphatic carbocycles. The average Bonchev–Trinajstić information content (AvgIpc) is 3.15. The van der Waals surface area contributed by atoms with Crippen LogP contribution in [0.15, 0.2) is 6.20 Å². The molecule has 0 saturated carbocycles. The second-order valence-electron chi connectivity index (χ2n) is 7.08. The van der Waals surface area contributed by atoms with Gasteiger partial charge in [0.15, 0.2) is 0 Å². The molecule has 0 saturated heterocycles. The SMILES string of the molecule is O=C(O)CCCc1cn(CC(COCC(CO)CO)COCC(CO)CO)nn1. The fraction of sp³-hybridized carbons (Fsp3) is 0.833. The minimum Gasteiger partial charge on any atom is -0.481 e. The Labute approximate surface area is 169 Å². The summed E-state index contributed by atoms with van der Waals surface area (Å²) in [7, 11) is 0. The van der Waals surface area contributed by atoms with E-state index in [1.54, 1.807) is 10.9 Å². The van der Waals surface area contributed by atoms with Crippen LogP contribution < -0.4 is 0 Å². The zero-order valence-corrected chi connectivity index (χ0v) is 16.6. The summed E-state index contributed by atoms with van der Waals surface area (Å²) in [5.41, 5.74) is 0.702. The Morgan fingerprint density at radius 3 is 1.93 bits per heavy atom. The van der Waals surface area contributed by atoms with Crippen molar-refractivity contribution in [3.63, 3.8) is 0 Å². The molecule has 1 aromatic heterocycles. The van der Waals surface area contributed by atoms with E-state index in [0.717, 1.165) is 0 Å². The van der Waals surface area contributed by atoms with E-state index in [9.17, 15) is 4.79 Å². The molecular formula is C18H33N3O8. The number of aliphatic hydroxyl groups is 4. The molecule has 0 aromatic carbocycles. The quantitative estimate of drug-likeness (QED) is 0.190. The van der Waals surface area contributed by atoms with Crippen LogP contribution in [0.4, 0.5) is 0 Å². The van der Waals surface area contributed by atoms with Gasteiger partial charge in [0.25, 0.3) is 0 Å². The van der Waals surface area contributed by atoms with E-state index in [4.69, 9.17) is 35.0 Å². The maximum Gasteiger partial charge on any atom is 0.303 e. The van der Waals surface area contributed by atoms with Gasteiger partial charge in [-0.15, -0.1) is 5.10 Å². The number of nitrogens with zero attached hydrogens (tertiary/aromatic N) is 3. The molecule has 5 N–H and O–H groups in total. The summed E-state index contributed by atoms with van der Waals surface area (Å²) < 4.78 is 12.8. The van der Waals surface area contributed by atoms with Crippen molar-refractivity contribution in [2.75, 3.05) is 52.9 Å². The predicted molar refractivity (Wildman–Crippen MR) is 101 cm³/mol. The van der Waals surface area contributed by atoms with Crippen LogP contribution >= 0.6 is 0 Å². The number of carboxylic acid groups (broad SMARTS) is 1. The summed E-state index contributed by atoms with van der Waals surface area (Å²) in [6.07, 6.45) is 2.83. The summed E-state index contributed by atoms with van der Waals surface area (Å²) in [4.78, 5) is 10.6. The van der Waals surface area contributed by atoms with Gasteiger partial charge in [-0.25, -0.2) is 0 Å². The first kappa shape index (κ1) is 25.4. The highest BCUT2D eigenvalue weighted by Gasteiger charge is 2.16. The molecule has 0 unspecified atom stereocenters. The van der Waals surface area contributed by atoms with Gasteiger partial charge < -0.3 is 35.0 Å². The molecule has 168 valence electrons. The second kappa shape index (κ2) is 15.2. The monoisotopic (exact) mass is 419 g/mol. The number of carboxylic acids is 1. The molecule has 1 rings (SSSR count). The molecule has 11 heteroatoms. The highest BCUT2D eigenvalue weighted by Crippen LogP contribution is 2.08. The van der Waals surface area contributed by atoms with Crippen LogP contribution in [0, 0.1) is 17.8 Å². The Morgan fingerprint density at radius 2 is 1.45 bits per heavy atom. The van der Waals surface area contributed by atoms with E-state index >= 15 is 0 Å². The Bertz CT molecular complexity index is 531. The van der Waals surface area contributed by atoms with E-state index in [2.05, 4.69) is 10.3 Å². The van der Waals surface area contributed by atoms with Crippen molar-refractivity contribution in [2.24, 2.45) is 17.8 Å². The van der Waals surface area contributed by atoms with E-state index in [-0.39, 0.29) is 63.8 Å². The van der Waals surface area contributed by atoms with Gasteiger partial charge in [-0.2, -0.15) is 0 Å². The van der Waals surface area contributed by atoms with Crippen molar-refractivity contribution in [1.82, 2.24) is 15.0 Å². The van der Waals surface area contributed by atoms with Crippen molar-refractivity contribution >= 4 is 5.97 Å². The number of ether oxygens (including phenoxy) is 2. The van der Waals surface area contributed by atoms with Crippen LogP contribution in [-0.4, -0.2) is 99.4 Å². The van der Waals surface area contributed by atoms with Crippen LogP contribution in [0.1, 0.15) is 18.5 Å². The van der Waals surface area contributed by atoms with Crippen molar-refractivity contribution < 1.29 is 39.8 Å². The maximum absolute atomic E-state index is 10.6. The highest BCUT2D eigenvalue weighted by molar-refractivity contribution is 5.66. The van der Waals surface area contributed by atoms with Crippen molar-refractivity contribution in [1.29, 1.82) is 0 Å². The summed E-state index contributed by atoms with van der Waals surface area (Å²) >= 11 is 0. The fourth-order valence-corrected chi connectivity index (χ4v) is 2.51. The van der Waals surface area contributed by atoms with Gasteiger partial charge in [0, 0.05) is 36.9 Å². The maximum atomic E-state index is 10.6. The molecule has 0 atom stereocenters. The number of carbonyl (C=O) groups is 1. The first-order valence-corrected chi connectivity index (χ1v) is 9.72. The average molecular weight is 419 g/mol. The second-order valence-corrected chi connectivity index (χ2v) is 7.08. The van der Waals surface area contributed by atoms with Gasteiger partial charge in [-0.05, 0) is 12.8 Å². The highest BCUT2D eigenvalue weighted by atomic mass is 16.5. The molecule has 0 fully saturated rings. The lowest BCUT2D eigenvalue weighted by Gasteiger charge is -2.20. The normalized spacial score (nSPS) is 11.8. The Kier molecular flexibility index (Phi) is 13.4. The molecule has 0 spiro atoms. The Morgan fingerprint density at radius 1 is 0.931 bits per heavy atom. The molecule has 0 aliphatic rings. The van der Waals surface area contributed by atoms with Crippen molar-refractivity contribution in [2.45, 2.75) is 25.8 Å². The Balaban J connectivity index is 2.55. The summed E-state index contributed by atoms with van der Waals surface area (Å²) in [5, 5.41) is 53.3. The number of aliphatic hydroxyl groups excluding tert-OH is 4. The largest absolute Gasteiger partial charge is 0.481 e. The molecule has 0 bridgehead atoms. The first-order chi connectivity index (χ1) is 14.0. The molecule has 11 nitrogen and oxygen atoms in total. The van der Waals surface area contributed by atoms with Crippen LogP contribution in [-0.2, 0) is 27.2 Å². The lowest BCUT2D eigenvalue weighted by Crippen LogP contribution is -2.27. The zero-order chi connectivity index (χ0) is 21.5. The van der Waals surface area contributed by atoms with E-state index in [1.165, 1.54) is 0 Å². The number of hydrogen-bond acceptors (Lipinski definition) is 9. The van der Waals surface area contributed by atoms with E-state index in [0.29, 0.717) is 38.3 Å². The molecule has 1 heterocycles. The third-order valence-electron chi connectivity index (χ3n) is 4.30. The zero-order valence-electron chi connectivity index (χ0n) is 16.6. The van der Waals surface area contributed by atoms with E-state index in [1.807, 2.05) is 0 Å². The van der Waals surface area contributed by atoms with Crippen molar-refractivity contribution in [3.8, 4) is 0 Å². The number of rotatable bonds is 18. The summed E-state index contributed by atoms with van der Waals surface area (Å²) in [5.74, 6) is -1.66. The molecule has 0 amide bonds. The molecule has 0 aliphatic heterocycles. The third kappa shape index (κ3) is 11.2. The molecule has 29 heavy (non-hydrogen) atoms. The third-order valence-corrected chi connectivity index (χ3v) is 4.30. The van der Waals surface area contributed by atoms with Gasteiger partial charge in [0.2, 0.25) is 0 Å². The van der Waals surface area contributed by atoms with Gasteiger partial charge in [0.05, 0.1) is 58.5 Å². The fourth-order valence-electron chi connectivity index (χ4n) is 2.51. The van der Waals surface area contributed by atoms with E-state index < -0.39 is 5.97 Å². The number of aryl methyl sites for hydroxylation is 1. The standard InChI is InChI=1S/C18H33N3O8/c22-6-15(7-23)12-28-10-14(11-29-13-16(8-24)9-25)4-21-5-17(19-20-21)2-1-3-18(26)27/h5,14-16,22-25H,1-4,6-13H2,(H,26,27). The van der Waals surface area contributed by atoms with Crippen LogP contribution in [0.2, 0.25) is 0 Å². The smallest absolute Gasteiger partial charge is 0.303 e. The number of aliphatic carboxylic acids is 1. The number of aromatic nitrogens is 3. The lowest BCUT2D eigenvalue weighted by atomic mass is 10.1. The number of hydrogen-bond donors (Lipinski definition) is 5. The van der Waals surface area contributed by atoms with Gasteiger partial charge in [0.1, 0.15) is 0 Å². The molecule has 1 aromatic rings. The summed E-state index contributed by atoms with van der Waals surface area (Å²) in [6.45, 7) is 0.766. The van der Waals surface area contributed by atoms with Gasteiger partial charge >= 0.3 is 5.97 Å². The summed E-state index contributed by atoms with van der Waals surface area (Å²) in [6, 6.07) is 0. The first-order valence-electron chi connectivity index (χ1n) is 9.72.